The lowest BCUT2D eigenvalue weighted by atomic mass is 10.1. The number of halogens is 1. The lowest BCUT2D eigenvalue weighted by molar-refractivity contribution is 0.192. The number of hydrogen-bond acceptors (Lipinski definition) is 8. The third-order valence-electron chi connectivity index (χ3n) is 6.75. The predicted molar refractivity (Wildman–Crippen MR) is 141 cm³/mol. The Bertz CT molecular complexity index is 1560. The highest BCUT2D eigenvalue weighted by atomic mass is 19.1. The third-order valence-corrected chi connectivity index (χ3v) is 6.75. The van der Waals surface area contributed by atoms with Crippen LogP contribution in [-0.4, -0.2) is 59.5 Å². The molecule has 0 bridgehead atoms. The molecule has 6 heterocycles. The molecule has 0 aromatic carbocycles. The molecular formula is C26H28FN9O. The number of piperidine rings is 1. The van der Waals surface area contributed by atoms with Crippen LogP contribution in [0.25, 0.3) is 44.7 Å². The summed E-state index contributed by atoms with van der Waals surface area (Å²) < 4.78 is 16.0. The van der Waals surface area contributed by atoms with Crippen molar-refractivity contribution >= 4 is 33.3 Å². The van der Waals surface area contributed by atoms with Gasteiger partial charge in [0.1, 0.15) is 23.1 Å². The van der Waals surface area contributed by atoms with E-state index in [2.05, 4.69) is 40.3 Å². The summed E-state index contributed by atoms with van der Waals surface area (Å²) in [6.45, 7) is 3.93. The Labute approximate surface area is 212 Å². The SMILES string of the molecule is CCCC(O)Nc1cncc(-c2ncc3[nH]nc(-c4nc5c(N6CCCCC6)cncc5[nH]4)c3c2F)c1. The van der Waals surface area contributed by atoms with Gasteiger partial charge >= 0.3 is 0 Å². The van der Waals surface area contributed by atoms with Gasteiger partial charge in [-0.1, -0.05) is 13.3 Å². The molecule has 1 aliphatic heterocycles. The Morgan fingerprint density at radius 3 is 2.73 bits per heavy atom. The van der Waals surface area contributed by atoms with Crippen molar-refractivity contribution < 1.29 is 9.50 Å². The molecule has 0 aliphatic carbocycles. The molecule has 37 heavy (non-hydrogen) atoms. The van der Waals surface area contributed by atoms with Crippen molar-refractivity contribution in [2.75, 3.05) is 23.3 Å². The molecule has 1 saturated heterocycles. The normalized spacial score (nSPS) is 14.9. The monoisotopic (exact) mass is 501 g/mol. The van der Waals surface area contributed by atoms with Gasteiger partial charge in [0.15, 0.2) is 11.6 Å². The molecule has 6 rings (SSSR count). The maximum atomic E-state index is 16.0. The third kappa shape index (κ3) is 4.35. The number of rotatable bonds is 7. The Morgan fingerprint density at radius 2 is 1.89 bits per heavy atom. The molecule has 0 radical (unpaired) electrons. The second kappa shape index (κ2) is 9.74. The van der Waals surface area contributed by atoms with Crippen LogP contribution in [-0.2, 0) is 0 Å². The molecule has 1 fully saturated rings. The Balaban J connectivity index is 1.40. The van der Waals surface area contributed by atoms with Gasteiger partial charge in [-0.25, -0.2) is 9.37 Å². The van der Waals surface area contributed by atoms with E-state index >= 15 is 4.39 Å². The van der Waals surface area contributed by atoms with Crippen LogP contribution in [0.4, 0.5) is 15.8 Å². The van der Waals surface area contributed by atoms with Gasteiger partial charge in [0.25, 0.3) is 0 Å². The van der Waals surface area contributed by atoms with E-state index in [-0.39, 0.29) is 5.69 Å². The molecular weight excluding hydrogens is 473 g/mol. The molecule has 0 saturated carbocycles. The van der Waals surface area contributed by atoms with Crippen LogP contribution in [0.3, 0.4) is 0 Å². The summed E-state index contributed by atoms with van der Waals surface area (Å²) in [6, 6.07) is 1.72. The lowest BCUT2D eigenvalue weighted by Crippen LogP contribution is -2.29. The fourth-order valence-corrected chi connectivity index (χ4v) is 4.93. The summed E-state index contributed by atoms with van der Waals surface area (Å²) >= 11 is 0. The first kappa shape index (κ1) is 23.3. The summed E-state index contributed by atoms with van der Waals surface area (Å²) in [7, 11) is 0. The van der Waals surface area contributed by atoms with Crippen LogP contribution in [0.15, 0.2) is 37.1 Å². The number of pyridine rings is 3. The molecule has 1 unspecified atom stereocenters. The quantitative estimate of drug-likeness (QED) is 0.238. The lowest BCUT2D eigenvalue weighted by Gasteiger charge is -2.28. The van der Waals surface area contributed by atoms with Gasteiger partial charge in [0.2, 0.25) is 0 Å². The number of anilines is 2. The molecule has 5 aromatic rings. The minimum absolute atomic E-state index is 0.142. The number of aliphatic hydroxyl groups is 1. The zero-order chi connectivity index (χ0) is 25.4. The minimum Gasteiger partial charge on any atom is -0.374 e. The first-order chi connectivity index (χ1) is 18.1. The number of imidazole rings is 1. The number of hydrogen-bond donors (Lipinski definition) is 4. The van der Waals surface area contributed by atoms with Gasteiger partial charge in [-0.3, -0.25) is 20.1 Å². The molecule has 190 valence electrons. The molecule has 1 atom stereocenters. The van der Waals surface area contributed by atoms with E-state index in [0.717, 1.165) is 49.1 Å². The molecule has 1 aliphatic rings. The zero-order valence-electron chi connectivity index (χ0n) is 20.5. The number of aromatic amines is 2. The maximum Gasteiger partial charge on any atom is 0.161 e. The number of aliphatic hydroxyl groups excluding tert-OH is 1. The van der Waals surface area contributed by atoms with E-state index in [0.29, 0.717) is 40.1 Å². The van der Waals surface area contributed by atoms with Crippen molar-refractivity contribution in [1.82, 2.24) is 35.1 Å². The van der Waals surface area contributed by atoms with Crippen LogP contribution >= 0.6 is 0 Å². The smallest absolute Gasteiger partial charge is 0.161 e. The summed E-state index contributed by atoms with van der Waals surface area (Å²) in [4.78, 5) is 23.4. The van der Waals surface area contributed by atoms with E-state index in [4.69, 9.17) is 4.98 Å². The summed E-state index contributed by atoms with van der Waals surface area (Å²) in [5.74, 6) is -0.0658. The number of nitrogens with one attached hydrogen (secondary N) is 3. The second-order valence-electron chi connectivity index (χ2n) is 9.38. The van der Waals surface area contributed by atoms with Crippen LogP contribution in [0.1, 0.15) is 39.0 Å². The fourth-order valence-electron chi connectivity index (χ4n) is 4.93. The molecule has 10 nitrogen and oxygen atoms in total. The van der Waals surface area contributed by atoms with Crippen molar-refractivity contribution in [3.05, 3.63) is 42.9 Å². The Morgan fingerprint density at radius 1 is 1.05 bits per heavy atom. The van der Waals surface area contributed by atoms with E-state index in [9.17, 15) is 5.11 Å². The van der Waals surface area contributed by atoms with Gasteiger partial charge in [-0.15, -0.1) is 0 Å². The Hall–Kier alpha value is -4.12. The number of H-pyrrole nitrogens is 2. The molecule has 0 amide bonds. The van der Waals surface area contributed by atoms with Gasteiger partial charge < -0.3 is 20.3 Å². The van der Waals surface area contributed by atoms with Gasteiger partial charge in [-0.2, -0.15) is 5.10 Å². The summed E-state index contributed by atoms with van der Waals surface area (Å²) in [6.07, 6.45) is 12.5. The molecule has 5 aromatic heterocycles. The molecule has 4 N–H and O–H groups in total. The van der Waals surface area contributed by atoms with Crippen molar-refractivity contribution in [3.63, 3.8) is 0 Å². The zero-order valence-corrected chi connectivity index (χ0v) is 20.5. The minimum atomic E-state index is -0.708. The highest BCUT2D eigenvalue weighted by Gasteiger charge is 2.22. The van der Waals surface area contributed by atoms with Crippen molar-refractivity contribution in [2.24, 2.45) is 0 Å². The Kier molecular flexibility index (Phi) is 6.13. The van der Waals surface area contributed by atoms with Crippen LogP contribution in [0, 0.1) is 5.82 Å². The largest absolute Gasteiger partial charge is 0.374 e. The van der Waals surface area contributed by atoms with Crippen molar-refractivity contribution in [2.45, 2.75) is 45.3 Å². The molecule has 11 heteroatoms. The van der Waals surface area contributed by atoms with Gasteiger partial charge in [0, 0.05) is 24.8 Å². The van der Waals surface area contributed by atoms with E-state index in [1.54, 1.807) is 30.9 Å². The highest BCUT2D eigenvalue weighted by molar-refractivity contribution is 5.97. The van der Waals surface area contributed by atoms with Crippen LogP contribution in [0.2, 0.25) is 0 Å². The maximum absolute atomic E-state index is 16.0. The average molecular weight is 502 g/mol. The van der Waals surface area contributed by atoms with E-state index in [1.165, 1.54) is 6.42 Å². The number of aromatic nitrogens is 7. The topological polar surface area (TPSA) is 132 Å². The standard InChI is InChI=1S/C26H28FN9O/c1-2-6-20(37)31-16-9-15(10-28-11-16)23-22(27)21-17(13-30-23)34-35-25(21)26-32-18-12-29-14-19(24(18)33-26)36-7-4-3-5-8-36/h9-14,20,31,37H,2-8H2,1H3,(H,32,33)(H,34,35). The average Bonchev–Trinajstić information content (AvgIpc) is 3.54. The summed E-state index contributed by atoms with van der Waals surface area (Å²) in [5.41, 5.74) is 4.60. The number of fused-ring (bicyclic) bond motifs is 2. The predicted octanol–water partition coefficient (Wildman–Crippen LogP) is 4.62. The van der Waals surface area contributed by atoms with Crippen LogP contribution in [0.5, 0.6) is 0 Å². The number of nitrogens with zero attached hydrogens (tertiary/aromatic N) is 6. The van der Waals surface area contributed by atoms with Crippen molar-refractivity contribution in [3.8, 4) is 22.8 Å². The molecule has 0 spiro atoms. The summed E-state index contributed by atoms with van der Waals surface area (Å²) in [5, 5.41) is 20.6. The van der Waals surface area contributed by atoms with Gasteiger partial charge in [-0.05, 0) is 31.7 Å². The van der Waals surface area contributed by atoms with E-state index in [1.807, 2.05) is 13.1 Å². The van der Waals surface area contributed by atoms with Crippen LogP contribution < -0.4 is 10.2 Å². The van der Waals surface area contributed by atoms with Crippen molar-refractivity contribution in [1.29, 1.82) is 0 Å². The highest BCUT2D eigenvalue weighted by Crippen LogP contribution is 2.34. The van der Waals surface area contributed by atoms with Gasteiger partial charge in [0.05, 0.1) is 52.6 Å². The van der Waals surface area contributed by atoms with E-state index < -0.39 is 12.0 Å². The first-order valence-electron chi connectivity index (χ1n) is 12.6. The fraction of sp³-hybridized carbons (Fsp3) is 0.346. The second-order valence-corrected chi connectivity index (χ2v) is 9.38. The first-order valence-corrected chi connectivity index (χ1v) is 12.6.